The number of nitrogens with zero attached hydrogens (tertiary/aromatic N) is 3. The molecule has 1 amide bonds. The average molecular weight is 349 g/mol. The van der Waals surface area contributed by atoms with Gasteiger partial charge in [-0.2, -0.15) is 0 Å². The number of thiazole rings is 1. The Balaban J connectivity index is 1.66. The van der Waals surface area contributed by atoms with Crippen LogP contribution in [0.1, 0.15) is 16.6 Å². The van der Waals surface area contributed by atoms with Gasteiger partial charge in [0.25, 0.3) is 5.91 Å². The number of hydrogen-bond donors (Lipinski definition) is 1. The minimum Gasteiger partial charge on any atom is -0.392 e. The summed E-state index contributed by atoms with van der Waals surface area (Å²) in [6, 6.07) is 6.44. The van der Waals surface area contributed by atoms with E-state index >= 15 is 0 Å². The van der Waals surface area contributed by atoms with Gasteiger partial charge in [-0.25, -0.2) is 9.37 Å². The van der Waals surface area contributed by atoms with Gasteiger partial charge in [-0.05, 0) is 19.1 Å². The van der Waals surface area contributed by atoms with Gasteiger partial charge >= 0.3 is 0 Å². The van der Waals surface area contributed by atoms with Crippen LogP contribution in [0.5, 0.6) is 0 Å². The van der Waals surface area contributed by atoms with Gasteiger partial charge in [0.2, 0.25) is 0 Å². The van der Waals surface area contributed by atoms with E-state index in [0.717, 1.165) is 13.1 Å². The monoisotopic (exact) mass is 349 g/mol. The van der Waals surface area contributed by atoms with Crippen molar-refractivity contribution in [1.82, 2.24) is 14.8 Å². The van der Waals surface area contributed by atoms with Gasteiger partial charge < -0.3 is 10.0 Å². The maximum Gasteiger partial charge on any atom is 0.265 e. The van der Waals surface area contributed by atoms with Crippen LogP contribution < -0.4 is 0 Å². The van der Waals surface area contributed by atoms with Crippen LogP contribution in [0.2, 0.25) is 0 Å². The molecular weight excluding hydrogens is 329 g/mol. The molecule has 0 bridgehead atoms. The third-order valence-electron chi connectivity index (χ3n) is 4.00. The highest BCUT2D eigenvalue weighted by molar-refractivity contribution is 7.16. The smallest absolute Gasteiger partial charge is 0.265 e. The lowest BCUT2D eigenvalue weighted by molar-refractivity contribution is 0.0558. The molecular formula is C17H20FN3O2S. The number of aliphatic hydroxyl groups excluding tert-OH is 1. The zero-order valence-electron chi connectivity index (χ0n) is 13.5. The molecule has 0 radical (unpaired) electrons. The van der Waals surface area contributed by atoms with E-state index in [1.165, 1.54) is 23.6 Å². The van der Waals surface area contributed by atoms with E-state index < -0.39 is 0 Å². The molecule has 128 valence electrons. The van der Waals surface area contributed by atoms with E-state index in [9.17, 15) is 14.3 Å². The lowest BCUT2D eigenvalue weighted by atomic mass is 10.2. The number of aromatic nitrogens is 1. The summed E-state index contributed by atoms with van der Waals surface area (Å²) >= 11 is 1.22. The fourth-order valence-electron chi connectivity index (χ4n) is 2.80. The van der Waals surface area contributed by atoms with Crippen molar-refractivity contribution in [1.29, 1.82) is 0 Å². The van der Waals surface area contributed by atoms with Crippen LogP contribution in [0.4, 0.5) is 4.39 Å². The number of piperazine rings is 1. The molecule has 2 aromatic rings. The molecule has 0 aliphatic carbocycles. The van der Waals surface area contributed by atoms with Gasteiger partial charge in [-0.1, -0.05) is 12.1 Å². The summed E-state index contributed by atoms with van der Waals surface area (Å²) in [4.78, 5) is 21.3. The fraction of sp³-hybridized carbons (Fsp3) is 0.412. The number of β-amino-alcohol motifs (C(OH)–C–C–N with tert-alkyl or cyclic N) is 1. The fourth-order valence-corrected chi connectivity index (χ4v) is 3.71. The molecule has 1 aromatic heterocycles. The van der Waals surface area contributed by atoms with Gasteiger partial charge in [0.05, 0.1) is 12.3 Å². The van der Waals surface area contributed by atoms with Gasteiger partial charge in [0.15, 0.2) is 0 Å². The topological polar surface area (TPSA) is 56.7 Å². The highest BCUT2D eigenvalue weighted by atomic mass is 32.1. The zero-order chi connectivity index (χ0) is 17.1. The molecule has 1 unspecified atom stereocenters. The van der Waals surface area contributed by atoms with Crippen LogP contribution in [0.3, 0.4) is 0 Å². The molecule has 1 fully saturated rings. The van der Waals surface area contributed by atoms with Crippen molar-refractivity contribution in [2.24, 2.45) is 0 Å². The number of carbonyl (C=O) groups is 1. The Hall–Kier alpha value is -1.83. The van der Waals surface area contributed by atoms with Crippen LogP contribution in [0, 0.1) is 5.82 Å². The van der Waals surface area contributed by atoms with Gasteiger partial charge in [0.1, 0.15) is 15.7 Å². The third-order valence-corrected chi connectivity index (χ3v) is 5.02. The number of carbonyl (C=O) groups excluding carboxylic acids is 1. The SMILES string of the molecule is CC(O)CN1CCN(C(=O)c2cnc(-c3ccccc3F)s2)CC1. The second-order valence-electron chi connectivity index (χ2n) is 5.95. The molecule has 1 aromatic carbocycles. The lowest BCUT2D eigenvalue weighted by Gasteiger charge is -2.34. The molecule has 24 heavy (non-hydrogen) atoms. The molecule has 1 atom stereocenters. The number of benzene rings is 1. The lowest BCUT2D eigenvalue weighted by Crippen LogP contribution is -2.50. The minimum atomic E-state index is -0.364. The Labute approximate surface area is 144 Å². The summed E-state index contributed by atoms with van der Waals surface area (Å²) in [5, 5.41) is 9.95. The standard InChI is InChI=1S/C17H20FN3O2S/c1-12(22)11-20-6-8-21(9-7-20)17(23)15-10-19-16(24-15)13-4-2-3-5-14(13)18/h2-5,10,12,22H,6-9,11H2,1H3. The Bertz CT molecular complexity index is 711. The van der Waals surface area contributed by atoms with Crippen molar-refractivity contribution in [3.05, 3.63) is 41.2 Å². The van der Waals surface area contributed by atoms with Crippen molar-refractivity contribution >= 4 is 17.2 Å². The summed E-state index contributed by atoms with van der Waals surface area (Å²) in [6.07, 6.45) is 1.16. The first kappa shape index (κ1) is 17.0. The Morgan fingerprint density at radius 3 is 2.71 bits per heavy atom. The molecule has 1 N–H and O–H groups in total. The van der Waals surface area contributed by atoms with E-state index in [0.29, 0.717) is 35.1 Å². The predicted octanol–water partition coefficient (Wildman–Crippen LogP) is 2.09. The third kappa shape index (κ3) is 3.80. The zero-order valence-corrected chi connectivity index (χ0v) is 14.3. The van der Waals surface area contributed by atoms with Gasteiger partial charge in [-0.3, -0.25) is 9.69 Å². The van der Waals surface area contributed by atoms with Crippen LogP contribution in [-0.4, -0.2) is 64.6 Å². The largest absolute Gasteiger partial charge is 0.392 e. The van der Waals surface area contributed by atoms with E-state index in [4.69, 9.17) is 0 Å². The molecule has 1 aliphatic rings. The predicted molar refractivity (Wildman–Crippen MR) is 91.5 cm³/mol. The van der Waals surface area contributed by atoms with Gasteiger partial charge in [0, 0.05) is 38.3 Å². The van der Waals surface area contributed by atoms with Crippen molar-refractivity contribution in [2.75, 3.05) is 32.7 Å². The van der Waals surface area contributed by atoms with Crippen molar-refractivity contribution in [2.45, 2.75) is 13.0 Å². The number of rotatable bonds is 4. The second kappa shape index (κ2) is 7.38. The normalized spacial score (nSPS) is 17.0. The van der Waals surface area contributed by atoms with Crippen molar-refractivity contribution < 1.29 is 14.3 Å². The highest BCUT2D eigenvalue weighted by Gasteiger charge is 2.24. The highest BCUT2D eigenvalue weighted by Crippen LogP contribution is 2.28. The quantitative estimate of drug-likeness (QED) is 0.918. The summed E-state index contributed by atoms with van der Waals surface area (Å²) in [7, 11) is 0. The average Bonchev–Trinajstić information content (AvgIpc) is 3.04. The Morgan fingerprint density at radius 2 is 2.04 bits per heavy atom. The second-order valence-corrected chi connectivity index (χ2v) is 6.98. The summed E-state index contributed by atoms with van der Waals surface area (Å²) < 4.78 is 13.8. The van der Waals surface area contributed by atoms with E-state index in [1.54, 1.807) is 30.0 Å². The van der Waals surface area contributed by atoms with Crippen LogP contribution in [-0.2, 0) is 0 Å². The van der Waals surface area contributed by atoms with Crippen LogP contribution in [0.15, 0.2) is 30.5 Å². The van der Waals surface area contributed by atoms with Crippen molar-refractivity contribution in [3.8, 4) is 10.6 Å². The molecule has 5 nitrogen and oxygen atoms in total. The van der Waals surface area contributed by atoms with Crippen LogP contribution >= 0.6 is 11.3 Å². The first-order valence-electron chi connectivity index (χ1n) is 7.95. The van der Waals surface area contributed by atoms with Crippen LogP contribution in [0.25, 0.3) is 10.6 Å². The number of aliphatic hydroxyl groups is 1. The number of amides is 1. The Morgan fingerprint density at radius 1 is 1.33 bits per heavy atom. The maximum atomic E-state index is 13.8. The van der Waals surface area contributed by atoms with E-state index in [1.807, 2.05) is 0 Å². The molecule has 3 rings (SSSR count). The maximum absolute atomic E-state index is 13.8. The summed E-state index contributed by atoms with van der Waals surface area (Å²) in [5.74, 6) is -0.399. The Kier molecular flexibility index (Phi) is 5.23. The molecule has 1 saturated heterocycles. The molecule has 1 aliphatic heterocycles. The summed E-state index contributed by atoms with van der Waals surface area (Å²) in [5.41, 5.74) is 0.420. The number of hydrogen-bond acceptors (Lipinski definition) is 5. The molecule has 2 heterocycles. The molecule has 7 heteroatoms. The first-order valence-corrected chi connectivity index (χ1v) is 8.76. The summed E-state index contributed by atoms with van der Waals surface area (Å²) in [6.45, 7) is 5.13. The van der Waals surface area contributed by atoms with E-state index in [2.05, 4.69) is 9.88 Å². The first-order chi connectivity index (χ1) is 11.5. The van der Waals surface area contributed by atoms with Gasteiger partial charge in [-0.15, -0.1) is 11.3 Å². The van der Waals surface area contributed by atoms with E-state index in [-0.39, 0.29) is 17.8 Å². The number of halogens is 1. The molecule has 0 saturated carbocycles. The van der Waals surface area contributed by atoms with Crippen molar-refractivity contribution in [3.63, 3.8) is 0 Å². The minimum absolute atomic E-state index is 0.0632. The molecule has 0 spiro atoms.